The van der Waals surface area contributed by atoms with Crippen LogP contribution in [-0.2, 0) is 0 Å². The van der Waals surface area contributed by atoms with Gasteiger partial charge in [0, 0.05) is 46.0 Å². The first-order chi connectivity index (χ1) is 18.9. The highest BCUT2D eigenvalue weighted by atomic mass is 35.5. The first-order valence-electron chi connectivity index (χ1n) is 13.3. The molecule has 7 nitrogen and oxygen atoms in total. The number of nitrogens with one attached hydrogen (secondary N) is 1. The van der Waals surface area contributed by atoms with Crippen LogP contribution in [0, 0.1) is 5.82 Å². The van der Waals surface area contributed by atoms with E-state index in [0.29, 0.717) is 45.2 Å². The lowest BCUT2D eigenvalue weighted by Crippen LogP contribution is -2.61. The Labute approximate surface area is 235 Å². The van der Waals surface area contributed by atoms with E-state index in [2.05, 4.69) is 27.1 Å². The molecule has 0 radical (unpaired) electrons. The Balaban J connectivity index is 1.40. The van der Waals surface area contributed by atoms with E-state index < -0.39 is 5.82 Å². The zero-order valence-corrected chi connectivity index (χ0v) is 22.9. The van der Waals surface area contributed by atoms with Gasteiger partial charge in [0.1, 0.15) is 23.7 Å². The number of likely N-dealkylation sites (N-methyl/N-ethyl adjacent to an activating group) is 1. The third-order valence-electron chi connectivity index (χ3n) is 8.48. The van der Waals surface area contributed by atoms with Crippen LogP contribution in [0.5, 0.6) is 11.8 Å². The molecule has 3 aliphatic rings. The predicted octanol–water partition coefficient (Wildman–Crippen LogP) is 5.63. The zero-order valence-electron chi connectivity index (χ0n) is 21.4. The SMILES string of the molecule is CN1CCC[C@H]1COc1nc(N2C[C@H]3NCC[C@H]32)c2cc(Cl)c(-c3cc(O)cc4cccc(Cl)c34)c(F)c2n1. The molecule has 3 fully saturated rings. The highest BCUT2D eigenvalue weighted by Crippen LogP contribution is 2.45. The van der Waals surface area contributed by atoms with Gasteiger partial charge in [0.25, 0.3) is 0 Å². The fourth-order valence-corrected chi connectivity index (χ4v) is 6.96. The van der Waals surface area contributed by atoms with Crippen molar-refractivity contribution in [1.82, 2.24) is 20.2 Å². The number of aromatic nitrogens is 2. The molecule has 3 aromatic carbocycles. The Bertz CT molecular complexity index is 1620. The maximum Gasteiger partial charge on any atom is 0.319 e. The summed E-state index contributed by atoms with van der Waals surface area (Å²) in [6.45, 7) is 3.18. The number of anilines is 1. The number of ether oxygens (including phenoxy) is 1. The largest absolute Gasteiger partial charge is 0.508 e. The standard InChI is InChI=1S/C29H28Cl2FN5O2/c1-36-9-3-5-16(36)14-39-29-34-27-19(28(35-29)37-13-22-23(37)7-8-33-22)12-21(31)25(26(27)32)18-11-17(38)10-15-4-2-6-20(30)24(15)18/h2,4,6,10-12,16,22-23,33,38H,3,5,7-9,13-14H2,1H3/t16-,22+,23+/m0/s1. The van der Waals surface area contributed by atoms with Crippen molar-refractivity contribution in [1.29, 1.82) is 0 Å². The Kier molecular flexibility index (Phi) is 6.19. The third-order valence-corrected chi connectivity index (χ3v) is 9.09. The number of halogens is 3. The Hall–Kier alpha value is -2.91. The molecule has 3 atom stereocenters. The van der Waals surface area contributed by atoms with Crippen LogP contribution >= 0.6 is 23.2 Å². The molecule has 10 heteroatoms. The average molecular weight is 568 g/mol. The topological polar surface area (TPSA) is 73.8 Å². The Morgan fingerprint density at radius 3 is 2.82 bits per heavy atom. The summed E-state index contributed by atoms with van der Waals surface area (Å²) >= 11 is 13.4. The van der Waals surface area contributed by atoms with Gasteiger partial charge in [0.15, 0.2) is 5.82 Å². The van der Waals surface area contributed by atoms with Gasteiger partial charge in [-0.2, -0.15) is 9.97 Å². The maximum absolute atomic E-state index is 16.6. The van der Waals surface area contributed by atoms with Gasteiger partial charge in [-0.05, 0) is 74.6 Å². The van der Waals surface area contributed by atoms with E-state index >= 15 is 4.39 Å². The van der Waals surface area contributed by atoms with Crippen molar-refractivity contribution in [2.45, 2.75) is 37.4 Å². The normalized spacial score (nSPS) is 23.0. The number of likely N-dealkylation sites (tertiary alicyclic amines) is 1. The van der Waals surface area contributed by atoms with Crippen molar-refractivity contribution in [3.8, 4) is 22.9 Å². The molecular weight excluding hydrogens is 540 g/mol. The smallest absolute Gasteiger partial charge is 0.319 e. The molecule has 0 spiro atoms. The van der Waals surface area contributed by atoms with E-state index in [1.165, 1.54) is 6.07 Å². The lowest BCUT2D eigenvalue weighted by Gasteiger charge is -2.45. The summed E-state index contributed by atoms with van der Waals surface area (Å²) in [7, 11) is 2.08. The van der Waals surface area contributed by atoms with Gasteiger partial charge >= 0.3 is 6.01 Å². The molecule has 0 saturated carbocycles. The number of hydrogen-bond acceptors (Lipinski definition) is 7. The van der Waals surface area contributed by atoms with Crippen molar-refractivity contribution in [3.05, 3.63) is 52.3 Å². The van der Waals surface area contributed by atoms with E-state index in [4.69, 9.17) is 32.9 Å². The molecule has 4 heterocycles. The second kappa shape index (κ2) is 9.63. The predicted molar refractivity (Wildman–Crippen MR) is 153 cm³/mol. The average Bonchev–Trinajstić information content (AvgIpc) is 3.47. The molecule has 4 aromatic rings. The highest BCUT2D eigenvalue weighted by Gasteiger charge is 2.43. The van der Waals surface area contributed by atoms with Gasteiger partial charge in [0.05, 0.1) is 5.02 Å². The van der Waals surface area contributed by atoms with Crippen molar-refractivity contribution in [3.63, 3.8) is 0 Å². The van der Waals surface area contributed by atoms with E-state index in [0.717, 1.165) is 38.9 Å². The first-order valence-corrected chi connectivity index (χ1v) is 14.1. The van der Waals surface area contributed by atoms with Crippen molar-refractivity contribution >= 4 is 50.7 Å². The summed E-state index contributed by atoms with van der Waals surface area (Å²) in [6, 6.07) is 11.3. The van der Waals surface area contributed by atoms with Crippen molar-refractivity contribution in [2.24, 2.45) is 0 Å². The van der Waals surface area contributed by atoms with Crippen LogP contribution in [0.25, 0.3) is 32.8 Å². The van der Waals surface area contributed by atoms with Crippen LogP contribution in [0.3, 0.4) is 0 Å². The molecule has 0 bridgehead atoms. The number of nitrogens with zero attached hydrogens (tertiary/aromatic N) is 4. The van der Waals surface area contributed by atoms with E-state index in [-0.39, 0.29) is 39.9 Å². The fourth-order valence-electron chi connectivity index (χ4n) is 6.38. The van der Waals surface area contributed by atoms with Gasteiger partial charge in [-0.15, -0.1) is 0 Å². The third kappa shape index (κ3) is 4.16. The summed E-state index contributed by atoms with van der Waals surface area (Å²) in [5.41, 5.74) is 0.666. The number of hydrogen-bond donors (Lipinski definition) is 2. The zero-order chi connectivity index (χ0) is 26.8. The van der Waals surface area contributed by atoms with E-state index in [1.54, 1.807) is 24.3 Å². The van der Waals surface area contributed by atoms with Gasteiger partial charge in [-0.1, -0.05) is 35.3 Å². The van der Waals surface area contributed by atoms with Gasteiger partial charge in [0.2, 0.25) is 0 Å². The molecule has 39 heavy (non-hydrogen) atoms. The first kappa shape index (κ1) is 25.1. The second-order valence-electron chi connectivity index (χ2n) is 10.8. The van der Waals surface area contributed by atoms with Crippen LogP contribution in [-0.4, -0.2) is 71.4 Å². The van der Waals surface area contributed by atoms with Gasteiger partial charge in [-0.25, -0.2) is 4.39 Å². The number of phenols is 1. The van der Waals surface area contributed by atoms with Crippen LogP contribution in [0.1, 0.15) is 19.3 Å². The quantitative estimate of drug-likeness (QED) is 0.324. The number of phenolic OH excluding ortho intramolecular Hbond substituents is 1. The van der Waals surface area contributed by atoms with Crippen molar-refractivity contribution in [2.75, 3.05) is 38.2 Å². The summed E-state index contributed by atoms with van der Waals surface area (Å²) in [5.74, 6) is 0.0204. The second-order valence-corrected chi connectivity index (χ2v) is 11.6. The van der Waals surface area contributed by atoms with E-state index in [1.807, 2.05) is 6.07 Å². The van der Waals surface area contributed by atoms with Crippen LogP contribution in [0.4, 0.5) is 10.2 Å². The minimum Gasteiger partial charge on any atom is -0.508 e. The lowest BCUT2D eigenvalue weighted by atomic mass is 9.94. The molecule has 2 N–H and O–H groups in total. The molecule has 7 rings (SSSR count). The lowest BCUT2D eigenvalue weighted by molar-refractivity contribution is 0.188. The van der Waals surface area contributed by atoms with Crippen LogP contribution in [0.15, 0.2) is 36.4 Å². The number of fused-ring (bicyclic) bond motifs is 3. The minimum atomic E-state index is -0.600. The number of benzene rings is 3. The molecular formula is C29H28Cl2FN5O2. The molecule has 0 unspecified atom stereocenters. The van der Waals surface area contributed by atoms with Crippen molar-refractivity contribution < 1.29 is 14.2 Å². The fraction of sp³-hybridized carbons (Fsp3) is 0.379. The van der Waals surface area contributed by atoms with Gasteiger partial charge in [-0.3, -0.25) is 0 Å². The summed E-state index contributed by atoms with van der Waals surface area (Å²) in [6.07, 6.45) is 3.15. The van der Waals surface area contributed by atoms with Gasteiger partial charge < -0.3 is 25.0 Å². The number of rotatable bonds is 5. The van der Waals surface area contributed by atoms with E-state index in [9.17, 15) is 5.11 Å². The minimum absolute atomic E-state index is 0.0104. The number of aromatic hydroxyl groups is 1. The molecule has 3 saturated heterocycles. The maximum atomic E-state index is 16.6. The van der Waals surface area contributed by atoms with Crippen LogP contribution < -0.4 is 15.0 Å². The summed E-state index contributed by atoms with van der Waals surface area (Å²) in [4.78, 5) is 13.8. The molecule has 0 amide bonds. The monoisotopic (exact) mass is 567 g/mol. The summed E-state index contributed by atoms with van der Waals surface area (Å²) < 4.78 is 22.7. The summed E-state index contributed by atoms with van der Waals surface area (Å²) in [5, 5.41) is 16.4. The Morgan fingerprint density at radius 2 is 2.03 bits per heavy atom. The molecule has 202 valence electrons. The highest BCUT2D eigenvalue weighted by molar-refractivity contribution is 6.38. The molecule has 1 aromatic heterocycles. The molecule has 3 aliphatic heterocycles. The molecule has 0 aliphatic carbocycles. The Morgan fingerprint density at radius 1 is 1.15 bits per heavy atom. The van der Waals surface area contributed by atoms with Crippen LogP contribution in [0.2, 0.25) is 10.0 Å².